The summed E-state index contributed by atoms with van der Waals surface area (Å²) in [6.07, 6.45) is 11.4. The van der Waals surface area contributed by atoms with Gasteiger partial charge < -0.3 is 9.53 Å². The highest BCUT2D eigenvalue weighted by molar-refractivity contribution is 5.53. The van der Waals surface area contributed by atoms with Gasteiger partial charge >= 0.3 is 0 Å². The quantitative estimate of drug-likeness (QED) is 0.667. The fourth-order valence-corrected chi connectivity index (χ4v) is 2.84. The Kier molecular flexibility index (Phi) is 4.18. The van der Waals surface area contributed by atoms with Crippen molar-refractivity contribution in [3.8, 4) is 0 Å². The average Bonchev–Trinajstić information content (AvgIpc) is 2.80. The molecule has 0 aliphatic heterocycles. The molecule has 0 aromatic carbocycles. The largest absolute Gasteiger partial charge is 0.378 e. The molecule has 0 amide bonds. The van der Waals surface area contributed by atoms with E-state index in [1.54, 1.807) is 0 Å². The lowest BCUT2D eigenvalue weighted by atomic mass is 9.88. The lowest BCUT2D eigenvalue weighted by Crippen LogP contribution is -2.24. The van der Waals surface area contributed by atoms with E-state index in [1.165, 1.54) is 25.7 Å². The van der Waals surface area contributed by atoms with Crippen LogP contribution in [0, 0.1) is 11.8 Å². The summed E-state index contributed by atoms with van der Waals surface area (Å²) in [6, 6.07) is 0. The van der Waals surface area contributed by atoms with Crippen molar-refractivity contribution in [1.29, 1.82) is 0 Å². The number of hydrogen-bond acceptors (Lipinski definition) is 2. The first kappa shape index (κ1) is 11.1. The second-order valence-electron chi connectivity index (χ2n) is 5.16. The first-order chi connectivity index (χ1) is 7.38. The molecule has 0 N–H and O–H groups in total. The highest BCUT2D eigenvalue weighted by Crippen LogP contribution is 2.28. The van der Waals surface area contributed by atoms with Crippen molar-refractivity contribution in [2.24, 2.45) is 11.8 Å². The molecule has 0 radical (unpaired) electrons. The summed E-state index contributed by atoms with van der Waals surface area (Å²) >= 11 is 0. The molecular formula is C13H22O2. The zero-order chi connectivity index (χ0) is 10.5. The molecule has 2 saturated carbocycles. The molecule has 2 aliphatic carbocycles. The Hall–Kier alpha value is -0.370. The third kappa shape index (κ3) is 3.30. The fourth-order valence-electron chi connectivity index (χ4n) is 2.84. The van der Waals surface area contributed by atoms with Crippen LogP contribution in [0.25, 0.3) is 0 Å². The lowest BCUT2D eigenvalue weighted by molar-refractivity contribution is -0.113. The molecule has 0 heterocycles. The lowest BCUT2D eigenvalue weighted by Gasteiger charge is -2.26. The zero-order valence-electron chi connectivity index (χ0n) is 9.49. The maximum Gasteiger partial charge on any atom is 0.123 e. The van der Waals surface area contributed by atoms with Crippen molar-refractivity contribution >= 4 is 6.29 Å². The van der Waals surface area contributed by atoms with Gasteiger partial charge in [0.1, 0.15) is 6.29 Å². The number of hydrogen-bond donors (Lipinski definition) is 0. The third-order valence-corrected chi connectivity index (χ3v) is 3.95. The molecule has 2 heteroatoms. The Morgan fingerprint density at radius 3 is 2.27 bits per heavy atom. The summed E-state index contributed by atoms with van der Waals surface area (Å²) in [4.78, 5) is 10.6. The van der Waals surface area contributed by atoms with Gasteiger partial charge in [0, 0.05) is 12.5 Å². The van der Waals surface area contributed by atoms with E-state index in [1.807, 2.05) is 0 Å². The van der Waals surface area contributed by atoms with Crippen LogP contribution in [0.4, 0.5) is 0 Å². The smallest absolute Gasteiger partial charge is 0.123 e. The molecule has 86 valence electrons. The average molecular weight is 210 g/mol. The number of carbonyl (C=O) groups is 1. The van der Waals surface area contributed by atoms with Crippen LogP contribution in [0.2, 0.25) is 0 Å². The van der Waals surface area contributed by atoms with E-state index in [9.17, 15) is 4.79 Å². The highest BCUT2D eigenvalue weighted by Gasteiger charge is 2.23. The van der Waals surface area contributed by atoms with Crippen molar-refractivity contribution in [1.82, 2.24) is 0 Å². The SMILES string of the molecule is O=CC1CCC(OCC2CCCC2)CC1. The van der Waals surface area contributed by atoms with Crippen molar-refractivity contribution in [3.05, 3.63) is 0 Å². The van der Waals surface area contributed by atoms with Gasteiger partial charge in [-0.15, -0.1) is 0 Å². The van der Waals surface area contributed by atoms with Gasteiger partial charge in [-0.3, -0.25) is 0 Å². The predicted molar refractivity (Wildman–Crippen MR) is 59.7 cm³/mol. The molecule has 0 aromatic heterocycles. The van der Waals surface area contributed by atoms with Crippen LogP contribution in [-0.2, 0) is 9.53 Å². The first-order valence-corrected chi connectivity index (χ1v) is 6.45. The molecule has 0 unspecified atom stereocenters. The van der Waals surface area contributed by atoms with Crippen LogP contribution in [0.3, 0.4) is 0 Å². The van der Waals surface area contributed by atoms with Crippen molar-refractivity contribution < 1.29 is 9.53 Å². The third-order valence-electron chi connectivity index (χ3n) is 3.95. The van der Waals surface area contributed by atoms with E-state index in [0.29, 0.717) is 12.0 Å². The number of aldehydes is 1. The standard InChI is InChI=1S/C13H22O2/c14-9-11-5-7-13(8-6-11)15-10-12-3-1-2-4-12/h9,11-13H,1-8,10H2. The normalized spacial score (nSPS) is 33.1. The summed E-state index contributed by atoms with van der Waals surface area (Å²) in [6.45, 7) is 0.969. The second-order valence-corrected chi connectivity index (χ2v) is 5.16. The van der Waals surface area contributed by atoms with E-state index < -0.39 is 0 Å². The van der Waals surface area contributed by atoms with Gasteiger partial charge in [0.05, 0.1) is 6.10 Å². The van der Waals surface area contributed by atoms with Gasteiger partial charge in [0.2, 0.25) is 0 Å². The summed E-state index contributed by atoms with van der Waals surface area (Å²) in [5.74, 6) is 1.14. The maximum absolute atomic E-state index is 10.6. The predicted octanol–water partition coefficient (Wildman–Crippen LogP) is 2.95. The van der Waals surface area contributed by atoms with E-state index in [2.05, 4.69) is 0 Å². The Balaban J connectivity index is 1.61. The molecule has 2 rings (SSSR count). The van der Waals surface area contributed by atoms with Gasteiger partial charge in [-0.05, 0) is 44.4 Å². The van der Waals surface area contributed by atoms with Crippen LogP contribution >= 0.6 is 0 Å². The van der Waals surface area contributed by atoms with Crippen LogP contribution in [-0.4, -0.2) is 19.0 Å². The van der Waals surface area contributed by atoms with Gasteiger partial charge in [-0.2, -0.15) is 0 Å². The maximum atomic E-state index is 10.6. The Labute approximate surface area is 92.4 Å². The van der Waals surface area contributed by atoms with Crippen LogP contribution < -0.4 is 0 Å². The Bertz CT molecular complexity index is 189. The minimum absolute atomic E-state index is 0.316. The van der Waals surface area contributed by atoms with Crippen molar-refractivity contribution in [3.63, 3.8) is 0 Å². The molecule has 0 atom stereocenters. The van der Waals surface area contributed by atoms with Crippen LogP contribution in [0.1, 0.15) is 51.4 Å². The molecule has 0 saturated heterocycles. The summed E-state index contributed by atoms with van der Waals surface area (Å²) in [5.41, 5.74) is 0. The van der Waals surface area contributed by atoms with E-state index in [0.717, 1.165) is 44.5 Å². The fraction of sp³-hybridized carbons (Fsp3) is 0.923. The molecule has 0 spiro atoms. The molecule has 2 fully saturated rings. The number of carbonyl (C=O) groups excluding carboxylic acids is 1. The minimum Gasteiger partial charge on any atom is -0.378 e. The van der Waals surface area contributed by atoms with E-state index >= 15 is 0 Å². The van der Waals surface area contributed by atoms with E-state index in [4.69, 9.17) is 4.74 Å². The highest BCUT2D eigenvalue weighted by atomic mass is 16.5. The molecule has 0 bridgehead atoms. The van der Waals surface area contributed by atoms with Crippen molar-refractivity contribution in [2.75, 3.05) is 6.61 Å². The summed E-state index contributed by atoms with van der Waals surface area (Å²) in [7, 11) is 0. The topological polar surface area (TPSA) is 26.3 Å². The van der Waals surface area contributed by atoms with Gasteiger partial charge in [-0.1, -0.05) is 12.8 Å². The summed E-state index contributed by atoms with van der Waals surface area (Å²) in [5, 5.41) is 0. The molecule has 15 heavy (non-hydrogen) atoms. The zero-order valence-corrected chi connectivity index (χ0v) is 9.49. The Morgan fingerprint density at radius 1 is 1.00 bits per heavy atom. The second kappa shape index (κ2) is 5.64. The van der Waals surface area contributed by atoms with Crippen LogP contribution in [0.5, 0.6) is 0 Å². The number of ether oxygens (including phenoxy) is 1. The molecule has 2 nitrogen and oxygen atoms in total. The van der Waals surface area contributed by atoms with Crippen LogP contribution in [0.15, 0.2) is 0 Å². The number of rotatable bonds is 4. The first-order valence-electron chi connectivity index (χ1n) is 6.45. The molecule has 2 aliphatic rings. The van der Waals surface area contributed by atoms with Crippen molar-refractivity contribution in [2.45, 2.75) is 57.5 Å². The van der Waals surface area contributed by atoms with E-state index in [-0.39, 0.29) is 0 Å². The monoisotopic (exact) mass is 210 g/mol. The molecule has 0 aromatic rings. The molecular weight excluding hydrogens is 188 g/mol. The Morgan fingerprint density at radius 2 is 1.67 bits per heavy atom. The van der Waals surface area contributed by atoms with Gasteiger partial charge in [0.25, 0.3) is 0 Å². The summed E-state index contributed by atoms with van der Waals surface area (Å²) < 4.78 is 5.94. The van der Waals surface area contributed by atoms with Gasteiger partial charge in [0.15, 0.2) is 0 Å². The van der Waals surface area contributed by atoms with Gasteiger partial charge in [-0.25, -0.2) is 0 Å². The minimum atomic E-state index is 0.316.